The molecular formula is C9H8N2O. The molecule has 1 aromatic rings. The van der Waals surface area contributed by atoms with Gasteiger partial charge in [-0.25, -0.2) is 0 Å². The van der Waals surface area contributed by atoms with E-state index in [0.29, 0.717) is 12.1 Å². The van der Waals surface area contributed by atoms with Crippen molar-refractivity contribution in [1.82, 2.24) is 4.98 Å². The minimum atomic E-state index is 0.131. The zero-order valence-electron chi connectivity index (χ0n) is 6.44. The first kappa shape index (κ1) is 8.28. The standard InChI is InChI=1S/C9H8N2O/c10-6-2-1-4-8-9(12)5-3-7-11-8/h1,3-5,7,12H,2H2. The van der Waals surface area contributed by atoms with Crippen molar-refractivity contribution in [1.29, 1.82) is 5.26 Å². The van der Waals surface area contributed by atoms with E-state index in [-0.39, 0.29) is 5.75 Å². The number of nitrogens with zero attached hydrogens (tertiary/aromatic N) is 2. The Labute approximate surface area is 70.6 Å². The van der Waals surface area contributed by atoms with Gasteiger partial charge in [0.05, 0.1) is 12.5 Å². The second-order valence-corrected chi connectivity index (χ2v) is 2.17. The van der Waals surface area contributed by atoms with Gasteiger partial charge in [0, 0.05) is 6.20 Å². The SMILES string of the molecule is N#CCC=Cc1ncccc1O. The Hall–Kier alpha value is -1.82. The molecule has 12 heavy (non-hydrogen) atoms. The van der Waals surface area contributed by atoms with Crippen molar-refractivity contribution in [3.05, 3.63) is 30.1 Å². The Morgan fingerprint density at radius 3 is 3.17 bits per heavy atom. The quantitative estimate of drug-likeness (QED) is 0.716. The summed E-state index contributed by atoms with van der Waals surface area (Å²) >= 11 is 0. The second-order valence-electron chi connectivity index (χ2n) is 2.17. The highest BCUT2D eigenvalue weighted by molar-refractivity contribution is 5.51. The van der Waals surface area contributed by atoms with Crippen molar-refractivity contribution in [2.24, 2.45) is 0 Å². The molecule has 3 heteroatoms. The van der Waals surface area contributed by atoms with Gasteiger partial charge in [-0.05, 0) is 18.2 Å². The highest BCUT2D eigenvalue weighted by Gasteiger charge is 1.93. The van der Waals surface area contributed by atoms with Gasteiger partial charge in [-0.15, -0.1) is 0 Å². The summed E-state index contributed by atoms with van der Waals surface area (Å²) in [6, 6.07) is 5.17. The van der Waals surface area contributed by atoms with Gasteiger partial charge in [0.15, 0.2) is 0 Å². The second kappa shape index (κ2) is 4.14. The number of rotatable bonds is 2. The van der Waals surface area contributed by atoms with E-state index in [1.165, 1.54) is 0 Å². The van der Waals surface area contributed by atoms with Crippen LogP contribution in [0.1, 0.15) is 12.1 Å². The fourth-order valence-corrected chi connectivity index (χ4v) is 0.761. The van der Waals surface area contributed by atoms with Gasteiger partial charge in [0.25, 0.3) is 0 Å². The van der Waals surface area contributed by atoms with Crippen LogP contribution >= 0.6 is 0 Å². The molecule has 0 amide bonds. The third-order valence-electron chi connectivity index (χ3n) is 1.30. The van der Waals surface area contributed by atoms with Crippen LogP contribution in [0.2, 0.25) is 0 Å². The highest BCUT2D eigenvalue weighted by Crippen LogP contribution is 2.13. The summed E-state index contributed by atoms with van der Waals surface area (Å²) in [6.45, 7) is 0. The molecule has 0 aliphatic heterocycles. The molecule has 0 fully saturated rings. The number of aromatic hydroxyl groups is 1. The average Bonchev–Trinajstić information content (AvgIpc) is 2.09. The monoisotopic (exact) mass is 160 g/mol. The minimum Gasteiger partial charge on any atom is -0.506 e. The van der Waals surface area contributed by atoms with E-state index in [4.69, 9.17) is 5.26 Å². The lowest BCUT2D eigenvalue weighted by Crippen LogP contribution is -1.78. The van der Waals surface area contributed by atoms with Gasteiger partial charge in [-0.3, -0.25) is 4.98 Å². The van der Waals surface area contributed by atoms with Gasteiger partial charge in [-0.1, -0.05) is 6.08 Å². The van der Waals surface area contributed by atoms with E-state index in [0.717, 1.165) is 0 Å². The third kappa shape index (κ3) is 2.10. The third-order valence-corrected chi connectivity index (χ3v) is 1.30. The van der Waals surface area contributed by atoms with Crippen LogP contribution in [0.3, 0.4) is 0 Å². The van der Waals surface area contributed by atoms with E-state index in [1.54, 1.807) is 30.5 Å². The van der Waals surface area contributed by atoms with Gasteiger partial charge in [0.2, 0.25) is 0 Å². The lowest BCUT2D eigenvalue weighted by Gasteiger charge is -1.94. The molecule has 0 radical (unpaired) electrons. The van der Waals surface area contributed by atoms with Crippen molar-refractivity contribution < 1.29 is 5.11 Å². The molecular weight excluding hydrogens is 152 g/mol. The van der Waals surface area contributed by atoms with Crippen LogP contribution in [0, 0.1) is 11.3 Å². The van der Waals surface area contributed by atoms with Gasteiger partial charge in [0.1, 0.15) is 11.4 Å². The van der Waals surface area contributed by atoms with Crippen LogP contribution in [0.25, 0.3) is 6.08 Å². The Balaban J connectivity index is 2.77. The number of hydrogen-bond donors (Lipinski definition) is 1. The van der Waals surface area contributed by atoms with Crippen molar-refractivity contribution in [2.45, 2.75) is 6.42 Å². The smallest absolute Gasteiger partial charge is 0.141 e. The molecule has 0 bridgehead atoms. The van der Waals surface area contributed by atoms with E-state index in [2.05, 4.69) is 4.98 Å². The number of aromatic nitrogens is 1. The summed E-state index contributed by atoms with van der Waals surface area (Å²) in [5.74, 6) is 0.131. The number of hydrogen-bond acceptors (Lipinski definition) is 3. The van der Waals surface area contributed by atoms with E-state index in [9.17, 15) is 5.11 Å². The molecule has 60 valence electrons. The maximum absolute atomic E-state index is 9.21. The fourth-order valence-electron chi connectivity index (χ4n) is 0.761. The largest absolute Gasteiger partial charge is 0.506 e. The lowest BCUT2D eigenvalue weighted by molar-refractivity contribution is 0.471. The molecule has 3 nitrogen and oxygen atoms in total. The van der Waals surface area contributed by atoms with E-state index >= 15 is 0 Å². The first-order valence-electron chi connectivity index (χ1n) is 3.52. The van der Waals surface area contributed by atoms with E-state index < -0.39 is 0 Å². The zero-order valence-corrected chi connectivity index (χ0v) is 6.44. The van der Waals surface area contributed by atoms with Crippen LogP contribution in [-0.4, -0.2) is 10.1 Å². The van der Waals surface area contributed by atoms with Crippen molar-refractivity contribution >= 4 is 6.08 Å². The maximum atomic E-state index is 9.21. The molecule has 1 N–H and O–H groups in total. The normalized spacial score (nSPS) is 9.92. The van der Waals surface area contributed by atoms with Crippen molar-refractivity contribution in [3.8, 4) is 11.8 Å². The molecule has 1 heterocycles. The summed E-state index contributed by atoms with van der Waals surface area (Å²) in [5.41, 5.74) is 0.493. The van der Waals surface area contributed by atoms with Crippen LogP contribution in [-0.2, 0) is 0 Å². The maximum Gasteiger partial charge on any atom is 0.141 e. The van der Waals surface area contributed by atoms with Crippen LogP contribution < -0.4 is 0 Å². The minimum absolute atomic E-state index is 0.131. The van der Waals surface area contributed by atoms with Gasteiger partial charge >= 0.3 is 0 Å². The van der Waals surface area contributed by atoms with Crippen LogP contribution in [0.15, 0.2) is 24.4 Å². The predicted octanol–water partition coefficient (Wildman–Crippen LogP) is 1.71. The zero-order chi connectivity index (χ0) is 8.81. The molecule has 0 aliphatic carbocycles. The van der Waals surface area contributed by atoms with Crippen LogP contribution in [0.5, 0.6) is 5.75 Å². The summed E-state index contributed by atoms with van der Waals surface area (Å²) in [4.78, 5) is 3.90. The number of pyridine rings is 1. The Bertz CT molecular complexity index is 326. The summed E-state index contributed by atoms with van der Waals surface area (Å²) in [6.07, 6.45) is 5.20. The molecule has 0 aromatic carbocycles. The van der Waals surface area contributed by atoms with Crippen molar-refractivity contribution in [2.75, 3.05) is 0 Å². The van der Waals surface area contributed by atoms with Crippen LogP contribution in [0.4, 0.5) is 0 Å². The first-order valence-corrected chi connectivity index (χ1v) is 3.52. The lowest BCUT2D eigenvalue weighted by atomic mass is 10.3. The average molecular weight is 160 g/mol. The summed E-state index contributed by atoms with van der Waals surface area (Å²) < 4.78 is 0. The number of nitriles is 1. The molecule has 0 spiro atoms. The molecule has 0 saturated heterocycles. The molecule has 0 atom stereocenters. The summed E-state index contributed by atoms with van der Waals surface area (Å²) in [7, 11) is 0. The van der Waals surface area contributed by atoms with Gasteiger partial charge < -0.3 is 5.11 Å². The Kier molecular flexibility index (Phi) is 2.86. The fraction of sp³-hybridized carbons (Fsp3) is 0.111. The molecule has 1 aromatic heterocycles. The Morgan fingerprint density at radius 1 is 1.67 bits per heavy atom. The molecule has 1 rings (SSSR count). The topological polar surface area (TPSA) is 56.9 Å². The van der Waals surface area contributed by atoms with E-state index in [1.807, 2.05) is 6.07 Å². The molecule has 0 aliphatic rings. The molecule has 0 saturated carbocycles. The predicted molar refractivity (Wildman–Crippen MR) is 45.2 cm³/mol. The first-order chi connectivity index (χ1) is 5.84. The molecule has 0 unspecified atom stereocenters. The highest BCUT2D eigenvalue weighted by atomic mass is 16.3. The number of allylic oxidation sites excluding steroid dienone is 1. The van der Waals surface area contributed by atoms with Crippen molar-refractivity contribution in [3.63, 3.8) is 0 Å². The van der Waals surface area contributed by atoms with Gasteiger partial charge in [-0.2, -0.15) is 5.26 Å². The Morgan fingerprint density at radius 2 is 2.50 bits per heavy atom. The summed E-state index contributed by atoms with van der Waals surface area (Å²) in [5, 5.41) is 17.4.